The fraction of sp³-hybridized carbons (Fsp3) is 0.292. The summed E-state index contributed by atoms with van der Waals surface area (Å²) in [7, 11) is 0. The first-order valence-corrected chi connectivity index (χ1v) is 12.6. The van der Waals surface area contributed by atoms with Crippen LogP contribution in [0.2, 0.25) is 5.02 Å². The van der Waals surface area contributed by atoms with Crippen LogP contribution in [0.25, 0.3) is 5.69 Å². The second kappa shape index (κ2) is 9.33. The Kier molecular flexibility index (Phi) is 6.70. The normalized spacial score (nSPS) is 15.0. The number of hydrogen-bond donors (Lipinski definition) is 1. The molecule has 32 heavy (non-hydrogen) atoms. The van der Waals surface area contributed by atoms with Crippen LogP contribution in [0, 0.1) is 20.8 Å². The van der Waals surface area contributed by atoms with Gasteiger partial charge in [-0.15, -0.1) is 11.8 Å². The zero-order valence-electron chi connectivity index (χ0n) is 18.4. The number of fused-ring (bicyclic) bond motifs is 1. The van der Waals surface area contributed by atoms with E-state index in [1.54, 1.807) is 22.4 Å². The van der Waals surface area contributed by atoms with Crippen LogP contribution in [0.15, 0.2) is 51.2 Å². The van der Waals surface area contributed by atoms with Gasteiger partial charge < -0.3 is 5.32 Å². The first kappa shape index (κ1) is 23.0. The Morgan fingerprint density at radius 3 is 2.62 bits per heavy atom. The number of thioether (sulfide) groups is 2. The summed E-state index contributed by atoms with van der Waals surface area (Å²) in [6, 6.07) is 11.4. The van der Waals surface area contributed by atoms with Gasteiger partial charge >= 0.3 is 0 Å². The molecule has 0 aliphatic carbocycles. The molecular weight excluding hydrogens is 462 g/mol. The van der Waals surface area contributed by atoms with Gasteiger partial charge in [-0.25, -0.2) is 4.98 Å². The van der Waals surface area contributed by atoms with Crippen molar-refractivity contribution < 1.29 is 4.79 Å². The zero-order valence-corrected chi connectivity index (χ0v) is 20.7. The van der Waals surface area contributed by atoms with Crippen LogP contribution in [0.1, 0.15) is 29.3 Å². The summed E-state index contributed by atoms with van der Waals surface area (Å²) in [4.78, 5) is 31.6. The van der Waals surface area contributed by atoms with E-state index in [1.165, 1.54) is 11.8 Å². The largest absolute Gasteiger partial charge is 0.325 e. The lowest BCUT2D eigenvalue weighted by atomic mass is 10.1. The molecule has 1 aliphatic rings. The highest BCUT2D eigenvalue weighted by Gasteiger charge is 2.27. The lowest BCUT2D eigenvalue weighted by molar-refractivity contribution is -0.113. The van der Waals surface area contributed by atoms with E-state index >= 15 is 0 Å². The van der Waals surface area contributed by atoms with Crippen molar-refractivity contribution in [1.82, 2.24) is 9.55 Å². The van der Waals surface area contributed by atoms with E-state index in [9.17, 15) is 9.59 Å². The molecule has 1 aliphatic heterocycles. The predicted octanol–water partition coefficient (Wildman–Crippen LogP) is 5.58. The van der Waals surface area contributed by atoms with Crippen LogP contribution < -0.4 is 10.9 Å². The number of halogens is 1. The highest BCUT2D eigenvalue weighted by Crippen LogP contribution is 2.35. The van der Waals surface area contributed by atoms with Gasteiger partial charge in [0.1, 0.15) is 0 Å². The van der Waals surface area contributed by atoms with Crippen molar-refractivity contribution in [1.29, 1.82) is 0 Å². The van der Waals surface area contributed by atoms with Crippen LogP contribution in [-0.4, -0.2) is 26.5 Å². The Balaban J connectivity index is 1.64. The number of aromatic nitrogens is 2. The maximum Gasteiger partial charge on any atom is 0.272 e. The quantitative estimate of drug-likeness (QED) is 0.377. The van der Waals surface area contributed by atoms with Crippen LogP contribution in [-0.2, 0) is 11.2 Å². The fourth-order valence-corrected chi connectivity index (χ4v) is 5.81. The zero-order chi connectivity index (χ0) is 23.0. The monoisotopic (exact) mass is 485 g/mol. The molecule has 0 saturated heterocycles. The van der Waals surface area contributed by atoms with Crippen molar-refractivity contribution in [2.24, 2.45) is 0 Å². The first-order chi connectivity index (χ1) is 15.2. The Morgan fingerprint density at radius 2 is 1.94 bits per heavy atom. The Hall–Kier alpha value is -2.22. The predicted molar refractivity (Wildman–Crippen MR) is 134 cm³/mol. The maximum atomic E-state index is 13.4. The van der Waals surface area contributed by atoms with E-state index in [1.807, 2.05) is 45.0 Å². The molecule has 0 fully saturated rings. The molecule has 3 aromatic rings. The third-order valence-corrected chi connectivity index (χ3v) is 7.69. The number of hydrogen-bond acceptors (Lipinski definition) is 5. The van der Waals surface area contributed by atoms with Crippen molar-refractivity contribution in [3.63, 3.8) is 0 Å². The average Bonchev–Trinajstić information content (AvgIpc) is 3.09. The summed E-state index contributed by atoms with van der Waals surface area (Å²) in [6.07, 6.45) is 0.755. The van der Waals surface area contributed by atoms with Crippen molar-refractivity contribution >= 4 is 46.7 Å². The van der Waals surface area contributed by atoms with Crippen molar-refractivity contribution in [2.45, 2.75) is 49.4 Å². The number of carbonyl (C=O) groups is 1. The molecule has 0 radical (unpaired) electrons. The molecule has 0 saturated carbocycles. The standard InChI is InChI=1S/C24H24ClN3O2S2/c1-13-7-14(2)9-18(8-13)28-23(30)22-20(10-16(4)32-22)27-24(28)31-12-21(29)26-17-6-5-15(3)19(25)11-17/h5-9,11,16H,10,12H2,1-4H3,(H,26,29). The molecular formula is C24H24ClN3O2S2. The SMILES string of the molecule is Cc1cc(C)cc(-n2c(SCC(=O)Nc3ccc(C)c(Cl)c3)nc3c(c2=O)SC(C)C3)c1. The number of nitrogens with one attached hydrogen (secondary N) is 1. The molecule has 1 atom stereocenters. The molecule has 1 amide bonds. The van der Waals surface area contributed by atoms with Crippen molar-refractivity contribution in [3.05, 3.63) is 74.2 Å². The summed E-state index contributed by atoms with van der Waals surface area (Å²) in [5, 5.41) is 4.32. The van der Waals surface area contributed by atoms with Crippen LogP contribution in [0.4, 0.5) is 5.69 Å². The summed E-state index contributed by atoms with van der Waals surface area (Å²) in [5.41, 5.74) is 5.26. The smallest absolute Gasteiger partial charge is 0.272 e. The summed E-state index contributed by atoms with van der Waals surface area (Å²) >= 11 is 9.00. The van der Waals surface area contributed by atoms with Crippen LogP contribution in [0.3, 0.4) is 0 Å². The van der Waals surface area contributed by atoms with E-state index < -0.39 is 0 Å². The van der Waals surface area contributed by atoms with Gasteiger partial charge in [-0.1, -0.05) is 42.4 Å². The molecule has 166 valence electrons. The van der Waals surface area contributed by atoms with Crippen LogP contribution in [0.5, 0.6) is 0 Å². The van der Waals surface area contributed by atoms with Gasteiger partial charge in [0.15, 0.2) is 5.16 Å². The van der Waals surface area contributed by atoms with Gasteiger partial charge in [-0.3, -0.25) is 14.2 Å². The fourth-order valence-electron chi connectivity index (χ4n) is 3.70. The lowest BCUT2D eigenvalue weighted by Gasteiger charge is -2.15. The van der Waals surface area contributed by atoms with E-state index in [-0.39, 0.29) is 17.2 Å². The summed E-state index contributed by atoms with van der Waals surface area (Å²) in [6.45, 7) is 8.02. The van der Waals surface area contributed by atoms with Gasteiger partial charge in [-0.05, 0) is 61.7 Å². The minimum Gasteiger partial charge on any atom is -0.325 e. The Morgan fingerprint density at radius 1 is 1.22 bits per heavy atom. The minimum atomic E-state index is -0.181. The molecule has 0 spiro atoms. The van der Waals surface area contributed by atoms with Gasteiger partial charge in [0.25, 0.3) is 5.56 Å². The Labute approximate surface area is 201 Å². The van der Waals surface area contributed by atoms with E-state index in [4.69, 9.17) is 16.6 Å². The van der Waals surface area contributed by atoms with E-state index in [0.717, 1.165) is 34.5 Å². The van der Waals surface area contributed by atoms with Crippen molar-refractivity contribution in [3.8, 4) is 5.69 Å². The average molecular weight is 486 g/mol. The second-order valence-corrected chi connectivity index (χ2v) is 10.9. The number of rotatable bonds is 5. The topological polar surface area (TPSA) is 64.0 Å². The van der Waals surface area contributed by atoms with Crippen molar-refractivity contribution in [2.75, 3.05) is 11.1 Å². The molecule has 5 nitrogen and oxygen atoms in total. The molecule has 0 bridgehead atoms. The second-order valence-electron chi connectivity index (χ2n) is 8.09. The molecule has 1 aromatic heterocycles. The number of amides is 1. The van der Waals surface area contributed by atoms with E-state index in [2.05, 4.69) is 18.3 Å². The highest BCUT2D eigenvalue weighted by atomic mass is 35.5. The first-order valence-electron chi connectivity index (χ1n) is 10.3. The number of aryl methyl sites for hydroxylation is 3. The van der Waals surface area contributed by atoms with Gasteiger partial charge in [-0.2, -0.15) is 0 Å². The molecule has 1 unspecified atom stereocenters. The molecule has 4 rings (SSSR count). The van der Waals surface area contributed by atoms with Gasteiger partial charge in [0, 0.05) is 22.4 Å². The third kappa shape index (κ3) is 4.90. The maximum absolute atomic E-state index is 13.4. The van der Waals surface area contributed by atoms with Gasteiger partial charge in [0.2, 0.25) is 5.91 Å². The number of anilines is 1. The molecule has 1 N–H and O–H groups in total. The summed E-state index contributed by atoms with van der Waals surface area (Å²) < 4.78 is 1.64. The number of carbonyl (C=O) groups excluding carboxylic acids is 1. The molecule has 2 heterocycles. The number of benzene rings is 2. The highest BCUT2D eigenvalue weighted by molar-refractivity contribution is 8.00. The number of nitrogens with zero attached hydrogens (tertiary/aromatic N) is 2. The van der Waals surface area contributed by atoms with Crippen LogP contribution >= 0.6 is 35.1 Å². The molecule has 2 aromatic carbocycles. The molecule has 8 heteroatoms. The van der Waals surface area contributed by atoms with E-state index in [0.29, 0.717) is 26.0 Å². The minimum absolute atomic E-state index is 0.0671. The van der Waals surface area contributed by atoms with Gasteiger partial charge in [0.05, 0.1) is 22.0 Å². The third-order valence-electron chi connectivity index (χ3n) is 5.13. The lowest BCUT2D eigenvalue weighted by Crippen LogP contribution is -2.25. The summed E-state index contributed by atoms with van der Waals surface area (Å²) in [5.74, 6) is -0.0519. The Bertz CT molecular complexity index is 1250.